The van der Waals surface area contributed by atoms with Crippen LogP contribution in [0, 0.1) is 13.8 Å². The largest absolute Gasteiger partial charge is 0.493 e. The van der Waals surface area contributed by atoms with Crippen LogP contribution in [0.2, 0.25) is 0 Å². The second-order valence-electron chi connectivity index (χ2n) is 7.01. The van der Waals surface area contributed by atoms with E-state index in [-0.39, 0.29) is 0 Å². The lowest BCUT2D eigenvalue weighted by molar-refractivity contribution is 0.245. The number of nitrogens with zero attached hydrogens (tertiary/aromatic N) is 3. The van der Waals surface area contributed by atoms with Crippen molar-refractivity contribution in [3.05, 3.63) is 39.2 Å². The van der Waals surface area contributed by atoms with Gasteiger partial charge in [-0.3, -0.25) is 9.80 Å². The minimum atomic E-state index is 0.745. The first-order valence-electron chi connectivity index (χ1n) is 9.28. The van der Waals surface area contributed by atoms with Crippen molar-refractivity contribution >= 4 is 15.9 Å². The van der Waals surface area contributed by atoms with Gasteiger partial charge < -0.3 is 14.0 Å². The minimum absolute atomic E-state index is 0.745. The van der Waals surface area contributed by atoms with Crippen LogP contribution in [0.3, 0.4) is 0 Å². The van der Waals surface area contributed by atoms with Gasteiger partial charge in [0.2, 0.25) is 0 Å². The highest BCUT2D eigenvalue weighted by molar-refractivity contribution is 9.10. The Kier molecular flexibility index (Phi) is 6.78. The van der Waals surface area contributed by atoms with Crippen LogP contribution in [0.5, 0.6) is 11.5 Å². The molecule has 0 saturated carbocycles. The molecule has 1 aromatic carbocycles. The molecule has 2 aromatic rings. The lowest BCUT2D eigenvalue weighted by atomic mass is 10.2. The zero-order valence-corrected chi connectivity index (χ0v) is 18.1. The molecule has 0 spiro atoms. The summed E-state index contributed by atoms with van der Waals surface area (Å²) in [5.74, 6) is 2.45. The average molecular weight is 438 g/mol. The first-order valence-corrected chi connectivity index (χ1v) is 10.1. The molecule has 2 heterocycles. The van der Waals surface area contributed by atoms with E-state index in [2.05, 4.69) is 37.0 Å². The van der Waals surface area contributed by atoms with E-state index in [9.17, 15) is 0 Å². The van der Waals surface area contributed by atoms with Crippen molar-refractivity contribution in [2.24, 2.45) is 0 Å². The van der Waals surface area contributed by atoms with Gasteiger partial charge in [-0.1, -0.05) is 21.1 Å². The van der Waals surface area contributed by atoms with E-state index < -0.39 is 0 Å². The Morgan fingerprint density at radius 3 is 2.22 bits per heavy atom. The molecule has 7 heteroatoms. The molecule has 6 nitrogen and oxygen atoms in total. The predicted octanol–water partition coefficient (Wildman–Crippen LogP) is 3.78. The molecule has 1 aromatic heterocycles. The zero-order chi connectivity index (χ0) is 19.4. The van der Waals surface area contributed by atoms with Crippen LogP contribution in [0.15, 0.2) is 21.1 Å². The Morgan fingerprint density at radius 1 is 1.00 bits per heavy atom. The summed E-state index contributed by atoms with van der Waals surface area (Å²) >= 11 is 3.68. The maximum Gasteiger partial charge on any atom is 0.161 e. The van der Waals surface area contributed by atoms with E-state index in [0.717, 1.165) is 73.1 Å². The van der Waals surface area contributed by atoms with Crippen molar-refractivity contribution in [1.29, 1.82) is 0 Å². The Balaban J connectivity index is 1.63. The first kappa shape index (κ1) is 20.2. The Hall–Kier alpha value is -1.57. The molecule has 148 valence electrons. The lowest BCUT2D eigenvalue weighted by Crippen LogP contribution is -2.30. The van der Waals surface area contributed by atoms with Crippen LogP contribution < -0.4 is 9.47 Å². The molecule has 3 rings (SSSR count). The van der Waals surface area contributed by atoms with E-state index in [4.69, 9.17) is 14.0 Å². The second kappa shape index (κ2) is 9.08. The number of halogens is 1. The maximum atomic E-state index is 5.46. The summed E-state index contributed by atoms with van der Waals surface area (Å²) in [6.45, 7) is 10.1. The third-order valence-corrected chi connectivity index (χ3v) is 5.93. The van der Waals surface area contributed by atoms with Crippen LogP contribution in [-0.4, -0.2) is 55.4 Å². The van der Waals surface area contributed by atoms with Crippen molar-refractivity contribution < 1.29 is 14.0 Å². The predicted molar refractivity (Wildman–Crippen MR) is 108 cm³/mol. The lowest BCUT2D eigenvalue weighted by Gasteiger charge is -2.23. The van der Waals surface area contributed by atoms with E-state index in [1.54, 1.807) is 14.2 Å². The highest BCUT2D eigenvalue weighted by Crippen LogP contribution is 2.34. The number of methoxy groups -OCH3 is 2. The first-order chi connectivity index (χ1) is 13.0. The third kappa shape index (κ3) is 4.83. The van der Waals surface area contributed by atoms with Gasteiger partial charge in [-0.05, 0) is 51.1 Å². The van der Waals surface area contributed by atoms with Gasteiger partial charge in [0.05, 0.1) is 19.9 Å². The summed E-state index contributed by atoms with van der Waals surface area (Å²) in [6.07, 6.45) is 1.15. The summed E-state index contributed by atoms with van der Waals surface area (Å²) in [5, 5.41) is 4.08. The van der Waals surface area contributed by atoms with Crippen LogP contribution in [-0.2, 0) is 13.1 Å². The Labute approximate surface area is 169 Å². The fourth-order valence-electron chi connectivity index (χ4n) is 3.55. The molecule has 0 unspecified atom stereocenters. The number of hydrogen-bond donors (Lipinski definition) is 0. The molecular formula is C20H28BrN3O3. The normalized spacial score (nSPS) is 16.3. The van der Waals surface area contributed by atoms with Gasteiger partial charge in [-0.2, -0.15) is 0 Å². The Bertz CT molecular complexity index is 759. The molecule has 1 aliphatic rings. The van der Waals surface area contributed by atoms with Crippen LogP contribution >= 0.6 is 15.9 Å². The van der Waals surface area contributed by atoms with Gasteiger partial charge in [0.25, 0.3) is 0 Å². The van der Waals surface area contributed by atoms with Crippen LogP contribution in [0.1, 0.15) is 29.0 Å². The van der Waals surface area contributed by atoms with E-state index in [0.29, 0.717) is 0 Å². The van der Waals surface area contributed by atoms with Crippen molar-refractivity contribution in [3.8, 4) is 11.5 Å². The fourth-order valence-corrected chi connectivity index (χ4v) is 4.00. The van der Waals surface area contributed by atoms with Gasteiger partial charge in [0.15, 0.2) is 11.5 Å². The average Bonchev–Trinajstić information content (AvgIpc) is 2.85. The molecule has 1 saturated heterocycles. The number of ether oxygens (including phenoxy) is 2. The summed E-state index contributed by atoms with van der Waals surface area (Å²) < 4.78 is 17.2. The molecule has 0 radical (unpaired) electrons. The molecule has 0 atom stereocenters. The SMILES string of the molecule is COc1cc(Br)c(CN2CCCN(Cc3c(C)noc3C)CC2)cc1OC. The molecular weight excluding hydrogens is 410 g/mol. The van der Waals surface area contributed by atoms with Crippen molar-refractivity contribution in [3.63, 3.8) is 0 Å². The quantitative estimate of drug-likeness (QED) is 0.685. The highest BCUT2D eigenvalue weighted by atomic mass is 79.9. The van der Waals surface area contributed by atoms with E-state index >= 15 is 0 Å². The van der Waals surface area contributed by atoms with E-state index in [1.165, 1.54) is 11.1 Å². The van der Waals surface area contributed by atoms with Crippen molar-refractivity contribution in [1.82, 2.24) is 15.0 Å². The number of aromatic nitrogens is 1. The van der Waals surface area contributed by atoms with Crippen molar-refractivity contribution in [2.45, 2.75) is 33.4 Å². The Morgan fingerprint density at radius 2 is 1.63 bits per heavy atom. The maximum absolute atomic E-state index is 5.46. The number of benzene rings is 1. The smallest absolute Gasteiger partial charge is 0.161 e. The number of hydrogen-bond acceptors (Lipinski definition) is 6. The molecule has 0 aliphatic carbocycles. The number of rotatable bonds is 6. The van der Waals surface area contributed by atoms with Gasteiger partial charge in [0.1, 0.15) is 5.76 Å². The van der Waals surface area contributed by atoms with Gasteiger partial charge in [-0.25, -0.2) is 0 Å². The summed E-state index contributed by atoms with van der Waals surface area (Å²) in [6, 6.07) is 4.05. The van der Waals surface area contributed by atoms with Gasteiger partial charge >= 0.3 is 0 Å². The third-order valence-electron chi connectivity index (χ3n) is 5.19. The highest BCUT2D eigenvalue weighted by Gasteiger charge is 2.19. The molecule has 27 heavy (non-hydrogen) atoms. The summed E-state index contributed by atoms with van der Waals surface area (Å²) in [4.78, 5) is 5.00. The molecule has 0 bridgehead atoms. The fraction of sp³-hybridized carbons (Fsp3) is 0.550. The van der Waals surface area contributed by atoms with Gasteiger partial charge in [0, 0.05) is 36.2 Å². The van der Waals surface area contributed by atoms with Crippen LogP contribution in [0.4, 0.5) is 0 Å². The van der Waals surface area contributed by atoms with Crippen LogP contribution in [0.25, 0.3) is 0 Å². The summed E-state index contributed by atoms with van der Waals surface area (Å²) in [5.41, 5.74) is 3.45. The topological polar surface area (TPSA) is 51.0 Å². The molecule has 1 fully saturated rings. The standard InChI is InChI=1S/C20H28BrN3O3/c1-14-17(15(2)27-22-14)13-24-7-5-6-23(8-9-24)12-16-10-19(25-3)20(26-4)11-18(16)21/h10-11H,5-9,12-13H2,1-4H3. The van der Waals surface area contributed by atoms with Gasteiger partial charge in [-0.15, -0.1) is 0 Å². The molecule has 0 N–H and O–H groups in total. The van der Waals surface area contributed by atoms with E-state index in [1.807, 2.05) is 19.9 Å². The van der Waals surface area contributed by atoms with Crippen molar-refractivity contribution in [2.75, 3.05) is 40.4 Å². The number of aryl methyl sites for hydroxylation is 2. The minimum Gasteiger partial charge on any atom is -0.493 e. The monoisotopic (exact) mass is 437 g/mol. The molecule has 1 aliphatic heterocycles. The summed E-state index contributed by atoms with van der Waals surface area (Å²) in [7, 11) is 3.33. The zero-order valence-electron chi connectivity index (χ0n) is 16.5. The second-order valence-corrected chi connectivity index (χ2v) is 7.86. The molecule has 0 amide bonds.